The molecule has 2 heterocycles. The van der Waals surface area contributed by atoms with Crippen LogP contribution in [0.4, 0.5) is 11.4 Å². The van der Waals surface area contributed by atoms with Gasteiger partial charge in [-0.1, -0.05) is 18.2 Å². The quantitative estimate of drug-likeness (QED) is 0.796. The molecule has 0 unspecified atom stereocenters. The van der Waals surface area contributed by atoms with Crippen LogP contribution in [-0.2, 0) is 21.2 Å². The van der Waals surface area contributed by atoms with Crippen molar-refractivity contribution < 1.29 is 13.2 Å². The first-order chi connectivity index (χ1) is 13.5. The van der Waals surface area contributed by atoms with Crippen LogP contribution in [0.3, 0.4) is 0 Å². The summed E-state index contributed by atoms with van der Waals surface area (Å²) in [6.07, 6.45) is 1.65. The first-order valence-electron chi connectivity index (χ1n) is 9.68. The van der Waals surface area contributed by atoms with Gasteiger partial charge in [0.1, 0.15) is 0 Å². The number of aryl methyl sites for hydroxylation is 1. The van der Waals surface area contributed by atoms with Crippen LogP contribution in [-0.4, -0.2) is 51.4 Å². The van der Waals surface area contributed by atoms with E-state index in [4.69, 9.17) is 0 Å². The maximum Gasteiger partial charge on any atom is 0.243 e. The molecule has 2 aliphatic rings. The van der Waals surface area contributed by atoms with Crippen LogP contribution in [0.1, 0.15) is 18.9 Å². The second-order valence-corrected chi connectivity index (χ2v) is 9.23. The first kappa shape index (κ1) is 19.0. The number of hydrogen-bond donors (Lipinski definition) is 0. The second-order valence-electron chi connectivity index (χ2n) is 7.29. The Bertz CT molecular complexity index is 968. The molecule has 28 heavy (non-hydrogen) atoms. The van der Waals surface area contributed by atoms with E-state index in [0.29, 0.717) is 37.6 Å². The van der Waals surface area contributed by atoms with Gasteiger partial charge in [0.25, 0.3) is 0 Å². The topological polar surface area (TPSA) is 60.9 Å². The third kappa shape index (κ3) is 3.52. The summed E-state index contributed by atoms with van der Waals surface area (Å²) in [4.78, 5) is 16.1. The van der Waals surface area contributed by atoms with E-state index in [1.54, 1.807) is 34.3 Å². The number of carbonyl (C=O) groups is 1. The van der Waals surface area contributed by atoms with Gasteiger partial charge in [-0.3, -0.25) is 4.79 Å². The first-order valence-corrected chi connectivity index (χ1v) is 11.1. The predicted molar refractivity (Wildman–Crippen MR) is 110 cm³/mol. The van der Waals surface area contributed by atoms with Gasteiger partial charge < -0.3 is 9.80 Å². The monoisotopic (exact) mass is 399 g/mol. The van der Waals surface area contributed by atoms with Crippen molar-refractivity contribution in [3.63, 3.8) is 0 Å². The maximum absolute atomic E-state index is 13.2. The summed E-state index contributed by atoms with van der Waals surface area (Å²) >= 11 is 0. The van der Waals surface area contributed by atoms with Crippen LogP contribution in [0.25, 0.3) is 0 Å². The van der Waals surface area contributed by atoms with Crippen LogP contribution >= 0.6 is 0 Å². The van der Waals surface area contributed by atoms with Gasteiger partial charge in [0.05, 0.1) is 4.90 Å². The molecule has 148 valence electrons. The van der Waals surface area contributed by atoms with E-state index < -0.39 is 10.0 Å². The highest BCUT2D eigenvalue weighted by Gasteiger charge is 2.30. The number of benzene rings is 2. The van der Waals surface area contributed by atoms with Crippen molar-refractivity contribution >= 4 is 27.3 Å². The van der Waals surface area contributed by atoms with Crippen LogP contribution in [0.5, 0.6) is 0 Å². The van der Waals surface area contributed by atoms with E-state index in [0.717, 1.165) is 29.8 Å². The molecule has 2 aromatic carbocycles. The summed E-state index contributed by atoms with van der Waals surface area (Å²) < 4.78 is 27.9. The minimum Gasteiger partial charge on any atom is -0.369 e. The molecule has 0 saturated carbocycles. The van der Waals surface area contributed by atoms with Crippen LogP contribution in [0.2, 0.25) is 0 Å². The zero-order valence-electron chi connectivity index (χ0n) is 16.0. The second kappa shape index (κ2) is 7.56. The number of sulfonamides is 1. The Kier molecular flexibility index (Phi) is 5.12. The number of para-hydroxylation sites is 1. The molecular weight excluding hydrogens is 374 g/mol. The van der Waals surface area contributed by atoms with Crippen molar-refractivity contribution in [2.24, 2.45) is 0 Å². The molecule has 2 aromatic rings. The normalized spacial score (nSPS) is 18.0. The number of anilines is 2. The van der Waals surface area contributed by atoms with Gasteiger partial charge >= 0.3 is 0 Å². The lowest BCUT2D eigenvalue weighted by Crippen LogP contribution is -2.48. The Morgan fingerprint density at radius 2 is 1.64 bits per heavy atom. The lowest BCUT2D eigenvalue weighted by molar-refractivity contribution is -0.116. The van der Waals surface area contributed by atoms with E-state index in [-0.39, 0.29) is 5.91 Å². The minimum atomic E-state index is -3.54. The van der Waals surface area contributed by atoms with Gasteiger partial charge in [-0.05, 0) is 48.7 Å². The Morgan fingerprint density at radius 3 is 2.32 bits per heavy atom. The van der Waals surface area contributed by atoms with E-state index >= 15 is 0 Å². The third-order valence-corrected chi connectivity index (χ3v) is 7.44. The number of piperazine rings is 1. The number of rotatable bonds is 3. The number of carbonyl (C=O) groups excluding carboxylic acids is 1. The summed E-state index contributed by atoms with van der Waals surface area (Å²) in [5.74, 6) is -0.00593. The zero-order chi connectivity index (χ0) is 19.7. The van der Waals surface area contributed by atoms with E-state index in [1.807, 2.05) is 18.2 Å². The molecule has 0 atom stereocenters. The van der Waals surface area contributed by atoms with E-state index in [9.17, 15) is 13.2 Å². The lowest BCUT2D eigenvalue weighted by atomic mass is 10.0. The molecule has 7 heteroatoms. The standard InChI is InChI=1S/C21H25N3O3S/c1-17(25)24-11-5-6-18-16-20(9-10-21(18)24)28(26,27)23-14-12-22(13-15-23)19-7-3-2-4-8-19/h2-4,7-10,16H,5-6,11-15H2,1H3. The fourth-order valence-corrected chi connectivity index (χ4v) is 5.51. The molecule has 0 aliphatic carbocycles. The van der Waals surface area contributed by atoms with E-state index in [1.165, 1.54) is 0 Å². The molecule has 1 fully saturated rings. The van der Waals surface area contributed by atoms with Crippen molar-refractivity contribution in [3.8, 4) is 0 Å². The highest BCUT2D eigenvalue weighted by molar-refractivity contribution is 7.89. The molecule has 1 amide bonds. The van der Waals surface area contributed by atoms with Gasteiger partial charge in [0.2, 0.25) is 15.9 Å². The summed E-state index contributed by atoms with van der Waals surface area (Å²) in [5.41, 5.74) is 2.90. The fraction of sp³-hybridized carbons (Fsp3) is 0.381. The van der Waals surface area contributed by atoms with Gasteiger partial charge in [0.15, 0.2) is 0 Å². The molecule has 4 rings (SSSR count). The SMILES string of the molecule is CC(=O)N1CCCc2cc(S(=O)(=O)N3CCN(c4ccccc4)CC3)ccc21. The zero-order valence-corrected chi connectivity index (χ0v) is 16.9. The molecule has 0 bridgehead atoms. The van der Waals surface area contributed by atoms with Gasteiger partial charge in [-0.25, -0.2) is 8.42 Å². The minimum absolute atomic E-state index is 0.00593. The summed E-state index contributed by atoms with van der Waals surface area (Å²) in [6, 6.07) is 15.2. The molecule has 0 N–H and O–H groups in total. The van der Waals surface area contributed by atoms with Crippen LogP contribution < -0.4 is 9.80 Å². The number of fused-ring (bicyclic) bond motifs is 1. The van der Waals surface area contributed by atoms with Gasteiger partial charge in [0, 0.05) is 51.0 Å². The average Bonchev–Trinajstić information content (AvgIpc) is 2.73. The van der Waals surface area contributed by atoms with Crippen LogP contribution in [0.15, 0.2) is 53.4 Å². The largest absolute Gasteiger partial charge is 0.369 e. The molecule has 1 saturated heterocycles. The molecule has 2 aliphatic heterocycles. The Hall–Kier alpha value is -2.38. The molecule has 0 aromatic heterocycles. The van der Waals surface area contributed by atoms with Crippen molar-refractivity contribution in [3.05, 3.63) is 54.1 Å². The summed E-state index contributed by atoms with van der Waals surface area (Å²) in [5, 5.41) is 0. The predicted octanol–water partition coefficient (Wildman–Crippen LogP) is 2.50. The average molecular weight is 400 g/mol. The lowest BCUT2D eigenvalue weighted by Gasteiger charge is -2.35. The number of hydrogen-bond acceptors (Lipinski definition) is 4. The Balaban J connectivity index is 1.52. The highest BCUT2D eigenvalue weighted by atomic mass is 32.2. The van der Waals surface area contributed by atoms with Gasteiger partial charge in [-0.2, -0.15) is 4.31 Å². The van der Waals surface area contributed by atoms with Gasteiger partial charge in [-0.15, -0.1) is 0 Å². The Labute approximate surface area is 166 Å². The Morgan fingerprint density at radius 1 is 0.929 bits per heavy atom. The van der Waals surface area contributed by atoms with E-state index in [2.05, 4.69) is 17.0 Å². The molecule has 6 nitrogen and oxygen atoms in total. The smallest absolute Gasteiger partial charge is 0.243 e. The van der Waals surface area contributed by atoms with Crippen molar-refractivity contribution in [2.75, 3.05) is 42.5 Å². The number of nitrogens with zero attached hydrogens (tertiary/aromatic N) is 3. The van der Waals surface area contributed by atoms with Crippen molar-refractivity contribution in [2.45, 2.75) is 24.7 Å². The van der Waals surface area contributed by atoms with Crippen LogP contribution in [0, 0.1) is 0 Å². The molecular formula is C21H25N3O3S. The maximum atomic E-state index is 13.2. The third-order valence-electron chi connectivity index (χ3n) is 5.55. The highest BCUT2D eigenvalue weighted by Crippen LogP contribution is 2.31. The number of amides is 1. The fourth-order valence-electron chi connectivity index (χ4n) is 4.04. The van der Waals surface area contributed by atoms with Crippen molar-refractivity contribution in [1.29, 1.82) is 0 Å². The summed E-state index contributed by atoms with van der Waals surface area (Å²) in [7, 11) is -3.54. The summed E-state index contributed by atoms with van der Waals surface area (Å²) in [6.45, 7) is 4.52. The molecule has 0 radical (unpaired) electrons. The van der Waals surface area contributed by atoms with Crippen molar-refractivity contribution in [1.82, 2.24) is 4.31 Å². The molecule has 0 spiro atoms.